The smallest absolute Gasteiger partial charge is 0.323 e. The minimum atomic E-state index is -0.170. The van der Waals surface area contributed by atoms with E-state index in [2.05, 4.69) is 27.4 Å². The van der Waals surface area contributed by atoms with Crippen LogP contribution in [0.3, 0.4) is 0 Å². The molecule has 3 aromatic rings. The lowest BCUT2D eigenvalue weighted by Gasteiger charge is -2.06. The van der Waals surface area contributed by atoms with E-state index >= 15 is 0 Å². The van der Waals surface area contributed by atoms with Crippen LogP contribution < -0.4 is 11.0 Å². The van der Waals surface area contributed by atoms with E-state index < -0.39 is 0 Å². The van der Waals surface area contributed by atoms with Crippen molar-refractivity contribution in [2.24, 2.45) is 0 Å². The molecule has 0 amide bonds. The van der Waals surface area contributed by atoms with Crippen LogP contribution in [0, 0.1) is 0 Å². The fourth-order valence-electron chi connectivity index (χ4n) is 2.14. The van der Waals surface area contributed by atoms with E-state index in [0.29, 0.717) is 0 Å². The molecular formula is C15H15N3O. The van der Waals surface area contributed by atoms with Gasteiger partial charge < -0.3 is 15.3 Å². The van der Waals surface area contributed by atoms with Crippen molar-refractivity contribution in [3.05, 3.63) is 64.6 Å². The summed E-state index contributed by atoms with van der Waals surface area (Å²) < 4.78 is 0. The highest BCUT2D eigenvalue weighted by atomic mass is 16.1. The molecule has 0 atom stereocenters. The Hall–Kier alpha value is -2.49. The summed E-state index contributed by atoms with van der Waals surface area (Å²) in [5.74, 6) is 0. The number of hydrogen-bond acceptors (Lipinski definition) is 2. The fraction of sp³-hybridized carbons (Fsp3) is 0.133. The molecule has 3 rings (SSSR count). The maximum atomic E-state index is 11.2. The monoisotopic (exact) mass is 253 g/mol. The number of rotatable bonds is 4. The third-order valence-electron chi connectivity index (χ3n) is 3.10. The zero-order chi connectivity index (χ0) is 13.1. The van der Waals surface area contributed by atoms with Crippen LogP contribution in [-0.2, 0) is 6.42 Å². The van der Waals surface area contributed by atoms with Gasteiger partial charge in [-0.3, -0.25) is 0 Å². The van der Waals surface area contributed by atoms with Crippen LogP contribution in [0.25, 0.3) is 11.0 Å². The molecule has 0 spiro atoms. The van der Waals surface area contributed by atoms with Crippen molar-refractivity contribution < 1.29 is 0 Å². The summed E-state index contributed by atoms with van der Waals surface area (Å²) >= 11 is 0. The average molecular weight is 253 g/mol. The molecule has 19 heavy (non-hydrogen) atoms. The van der Waals surface area contributed by atoms with E-state index in [1.807, 2.05) is 36.4 Å². The summed E-state index contributed by atoms with van der Waals surface area (Å²) in [5, 5.41) is 3.36. The van der Waals surface area contributed by atoms with E-state index in [-0.39, 0.29) is 5.69 Å². The Labute approximate surface area is 110 Å². The largest absolute Gasteiger partial charge is 0.385 e. The van der Waals surface area contributed by atoms with Gasteiger partial charge in [0.2, 0.25) is 0 Å². The molecule has 0 bridgehead atoms. The molecule has 0 aliphatic carbocycles. The Morgan fingerprint density at radius 2 is 1.74 bits per heavy atom. The number of aromatic amines is 2. The quantitative estimate of drug-likeness (QED) is 0.669. The first-order valence-electron chi connectivity index (χ1n) is 6.31. The van der Waals surface area contributed by atoms with Crippen LogP contribution >= 0.6 is 0 Å². The van der Waals surface area contributed by atoms with Crippen molar-refractivity contribution in [2.75, 3.05) is 11.9 Å². The summed E-state index contributed by atoms with van der Waals surface area (Å²) in [6.07, 6.45) is 0.975. The molecule has 0 unspecified atom stereocenters. The summed E-state index contributed by atoms with van der Waals surface area (Å²) in [6, 6.07) is 16.2. The first-order valence-corrected chi connectivity index (χ1v) is 6.31. The Morgan fingerprint density at radius 1 is 0.947 bits per heavy atom. The standard InChI is InChI=1S/C15H15N3O/c19-15-17-13-7-6-12(10-14(13)18-15)16-9-8-11-4-2-1-3-5-11/h1-7,10,16H,8-9H2,(H2,17,18,19). The third kappa shape index (κ3) is 2.68. The second-order valence-corrected chi connectivity index (χ2v) is 4.50. The molecule has 0 aliphatic heterocycles. The zero-order valence-corrected chi connectivity index (χ0v) is 10.4. The minimum Gasteiger partial charge on any atom is -0.385 e. The zero-order valence-electron chi connectivity index (χ0n) is 10.4. The lowest BCUT2D eigenvalue weighted by Crippen LogP contribution is -2.04. The number of H-pyrrole nitrogens is 2. The highest BCUT2D eigenvalue weighted by Gasteiger charge is 1.99. The molecule has 2 aromatic carbocycles. The van der Waals surface area contributed by atoms with Crippen molar-refractivity contribution in [2.45, 2.75) is 6.42 Å². The number of benzene rings is 2. The van der Waals surface area contributed by atoms with Gasteiger partial charge in [-0.15, -0.1) is 0 Å². The summed E-state index contributed by atoms with van der Waals surface area (Å²) in [5.41, 5.74) is 3.81. The number of aromatic nitrogens is 2. The molecule has 3 N–H and O–H groups in total. The normalized spacial score (nSPS) is 10.7. The van der Waals surface area contributed by atoms with Crippen molar-refractivity contribution in [1.82, 2.24) is 9.97 Å². The molecule has 0 saturated heterocycles. The molecule has 1 aromatic heterocycles. The van der Waals surface area contributed by atoms with Gasteiger partial charge >= 0.3 is 5.69 Å². The lowest BCUT2D eigenvalue weighted by molar-refractivity contribution is 1.02. The van der Waals surface area contributed by atoms with Crippen LogP contribution in [0.4, 0.5) is 5.69 Å². The Balaban J connectivity index is 1.66. The highest BCUT2D eigenvalue weighted by molar-refractivity contribution is 5.78. The van der Waals surface area contributed by atoms with Crippen molar-refractivity contribution in [3.63, 3.8) is 0 Å². The molecule has 4 heteroatoms. The molecule has 0 saturated carbocycles. The number of hydrogen-bond donors (Lipinski definition) is 3. The van der Waals surface area contributed by atoms with Crippen LogP contribution in [-0.4, -0.2) is 16.5 Å². The van der Waals surface area contributed by atoms with Crippen LogP contribution in [0.2, 0.25) is 0 Å². The van der Waals surface area contributed by atoms with Gasteiger partial charge in [-0.25, -0.2) is 4.79 Å². The van der Waals surface area contributed by atoms with Crippen molar-refractivity contribution >= 4 is 16.7 Å². The third-order valence-corrected chi connectivity index (χ3v) is 3.10. The SMILES string of the molecule is O=c1[nH]c2ccc(NCCc3ccccc3)cc2[nH]1. The Morgan fingerprint density at radius 3 is 2.58 bits per heavy atom. The van der Waals surface area contributed by atoms with E-state index in [4.69, 9.17) is 0 Å². The average Bonchev–Trinajstić information content (AvgIpc) is 2.79. The van der Waals surface area contributed by atoms with Crippen LogP contribution in [0.15, 0.2) is 53.3 Å². The lowest BCUT2D eigenvalue weighted by atomic mass is 10.1. The number of imidazole rings is 1. The first-order chi connectivity index (χ1) is 9.31. The molecule has 0 fully saturated rings. The van der Waals surface area contributed by atoms with E-state index in [1.165, 1.54) is 5.56 Å². The Bertz CT molecular complexity index is 728. The van der Waals surface area contributed by atoms with Gasteiger partial charge in [0.25, 0.3) is 0 Å². The molecule has 0 radical (unpaired) electrons. The maximum absolute atomic E-state index is 11.2. The maximum Gasteiger partial charge on any atom is 0.323 e. The van der Waals surface area contributed by atoms with Gasteiger partial charge in [0.1, 0.15) is 0 Å². The minimum absolute atomic E-state index is 0.170. The van der Waals surface area contributed by atoms with E-state index in [0.717, 1.165) is 29.7 Å². The highest BCUT2D eigenvalue weighted by Crippen LogP contribution is 2.14. The van der Waals surface area contributed by atoms with Crippen molar-refractivity contribution in [1.29, 1.82) is 0 Å². The van der Waals surface area contributed by atoms with Crippen LogP contribution in [0.1, 0.15) is 5.56 Å². The molecule has 0 aliphatic rings. The Kier molecular flexibility index (Phi) is 3.06. The van der Waals surface area contributed by atoms with Crippen molar-refractivity contribution in [3.8, 4) is 0 Å². The molecule has 1 heterocycles. The number of nitrogens with one attached hydrogen (secondary N) is 3. The second kappa shape index (κ2) is 5.02. The van der Waals surface area contributed by atoms with Gasteiger partial charge in [0, 0.05) is 12.2 Å². The van der Waals surface area contributed by atoms with E-state index in [1.54, 1.807) is 0 Å². The van der Waals surface area contributed by atoms with Gasteiger partial charge in [-0.1, -0.05) is 30.3 Å². The second-order valence-electron chi connectivity index (χ2n) is 4.50. The number of anilines is 1. The first kappa shape index (κ1) is 11.6. The van der Waals surface area contributed by atoms with Gasteiger partial charge in [0.15, 0.2) is 0 Å². The summed E-state index contributed by atoms with van der Waals surface area (Å²) in [7, 11) is 0. The predicted molar refractivity (Wildman–Crippen MR) is 77.6 cm³/mol. The molecule has 4 nitrogen and oxygen atoms in total. The van der Waals surface area contributed by atoms with Crippen LogP contribution in [0.5, 0.6) is 0 Å². The summed E-state index contributed by atoms with van der Waals surface area (Å²) in [6.45, 7) is 0.865. The number of fused-ring (bicyclic) bond motifs is 1. The fourth-order valence-corrected chi connectivity index (χ4v) is 2.14. The van der Waals surface area contributed by atoms with Gasteiger partial charge in [-0.05, 0) is 30.2 Å². The van der Waals surface area contributed by atoms with Gasteiger partial charge in [-0.2, -0.15) is 0 Å². The summed E-state index contributed by atoms with van der Waals surface area (Å²) in [4.78, 5) is 16.7. The molecular weight excluding hydrogens is 238 g/mol. The topological polar surface area (TPSA) is 60.7 Å². The van der Waals surface area contributed by atoms with Gasteiger partial charge in [0.05, 0.1) is 11.0 Å². The molecule has 96 valence electrons. The van der Waals surface area contributed by atoms with E-state index in [9.17, 15) is 4.79 Å². The predicted octanol–water partition coefficient (Wildman–Crippen LogP) is 2.51.